The number of fused-ring (bicyclic) bond motifs is 3. The van der Waals surface area contributed by atoms with Gasteiger partial charge in [0.25, 0.3) is 0 Å². The largest absolute Gasteiger partial charge is 0.497 e. The highest BCUT2D eigenvalue weighted by Gasteiger charge is 2.44. The summed E-state index contributed by atoms with van der Waals surface area (Å²) in [7, 11) is 3.20. The van der Waals surface area contributed by atoms with Crippen LogP contribution in [0, 0.1) is 0 Å². The number of hydrogen-bond donors (Lipinski definition) is 0. The van der Waals surface area contributed by atoms with Crippen LogP contribution in [-0.2, 0) is 14.3 Å². The Kier molecular flexibility index (Phi) is 2.86. The van der Waals surface area contributed by atoms with E-state index in [-0.39, 0.29) is 24.3 Å². The van der Waals surface area contributed by atoms with Crippen molar-refractivity contribution in [3.05, 3.63) is 23.3 Å². The normalized spacial score (nSPS) is 28.4. The van der Waals surface area contributed by atoms with Gasteiger partial charge in [0.15, 0.2) is 6.10 Å². The first-order valence-electron chi connectivity index (χ1n) is 6.24. The Morgan fingerprint density at radius 3 is 2.74 bits per heavy atom. The number of carbonyl (C=O) groups excluding carboxylic acids is 1. The summed E-state index contributed by atoms with van der Waals surface area (Å²) in [5.41, 5.74) is 1.85. The van der Waals surface area contributed by atoms with Gasteiger partial charge in [-0.3, -0.25) is 4.79 Å². The molecule has 0 saturated carbocycles. The van der Waals surface area contributed by atoms with E-state index in [1.54, 1.807) is 14.2 Å². The van der Waals surface area contributed by atoms with Crippen LogP contribution in [-0.4, -0.2) is 26.3 Å². The summed E-state index contributed by atoms with van der Waals surface area (Å²) in [6.07, 6.45) is -0.408. The predicted molar refractivity (Wildman–Crippen MR) is 66.3 cm³/mol. The second-order valence-corrected chi connectivity index (χ2v) is 4.76. The van der Waals surface area contributed by atoms with Gasteiger partial charge < -0.3 is 18.9 Å². The third kappa shape index (κ3) is 1.85. The molecule has 2 heterocycles. The minimum atomic E-state index is -0.359. The molecule has 5 heteroatoms. The van der Waals surface area contributed by atoms with Crippen molar-refractivity contribution in [1.82, 2.24) is 0 Å². The average molecular weight is 264 g/mol. The van der Waals surface area contributed by atoms with Crippen molar-refractivity contribution in [3.8, 4) is 11.5 Å². The Bertz CT molecular complexity index is 525. The molecule has 0 radical (unpaired) electrons. The molecule has 5 nitrogen and oxygen atoms in total. The number of hydrogen-bond acceptors (Lipinski definition) is 5. The van der Waals surface area contributed by atoms with Crippen LogP contribution in [0.1, 0.15) is 36.7 Å². The Labute approximate surface area is 111 Å². The van der Waals surface area contributed by atoms with Gasteiger partial charge >= 0.3 is 5.97 Å². The Morgan fingerprint density at radius 2 is 2.05 bits per heavy atom. The van der Waals surface area contributed by atoms with Crippen molar-refractivity contribution in [2.45, 2.75) is 31.7 Å². The van der Waals surface area contributed by atoms with Gasteiger partial charge in [0.05, 0.1) is 26.7 Å². The van der Waals surface area contributed by atoms with Crippen LogP contribution >= 0.6 is 0 Å². The Morgan fingerprint density at radius 1 is 1.26 bits per heavy atom. The zero-order chi connectivity index (χ0) is 13.6. The van der Waals surface area contributed by atoms with E-state index in [1.807, 2.05) is 19.1 Å². The second kappa shape index (κ2) is 4.42. The number of esters is 1. The van der Waals surface area contributed by atoms with Crippen molar-refractivity contribution in [2.24, 2.45) is 0 Å². The molecule has 0 unspecified atom stereocenters. The third-order valence-electron chi connectivity index (χ3n) is 3.66. The van der Waals surface area contributed by atoms with E-state index >= 15 is 0 Å². The maximum atomic E-state index is 11.5. The highest BCUT2D eigenvalue weighted by Crippen LogP contribution is 2.48. The molecule has 0 aliphatic carbocycles. The van der Waals surface area contributed by atoms with E-state index in [0.717, 1.165) is 11.1 Å². The van der Waals surface area contributed by atoms with Crippen LogP contribution in [0.4, 0.5) is 0 Å². The van der Waals surface area contributed by atoms with E-state index < -0.39 is 0 Å². The Balaban J connectivity index is 2.15. The molecule has 102 valence electrons. The number of benzene rings is 1. The van der Waals surface area contributed by atoms with Gasteiger partial charge in [0.1, 0.15) is 17.6 Å². The van der Waals surface area contributed by atoms with Crippen LogP contribution in [0.15, 0.2) is 12.1 Å². The summed E-state index contributed by atoms with van der Waals surface area (Å²) in [6.45, 7) is 1.95. The fourth-order valence-corrected chi connectivity index (χ4v) is 2.83. The highest BCUT2D eigenvalue weighted by atomic mass is 16.6. The van der Waals surface area contributed by atoms with Gasteiger partial charge in [-0.25, -0.2) is 0 Å². The van der Waals surface area contributed by atoms with Gasteiger partial charge in [-0.05, 0) is 13.0 Å². The maximum absolute atomic E-state index is 11.5. The lowest BCUT2D eigenvalue weighted by Gasteiger charge is -2.32. The van der Waals surface area contributed by atoms with E-state index in [4.69, 9.17) is 18.9 Å². The molecule has 0 amide bonds. The summed E-state index contributed by atoms with van der Waals surface area (Å²) in [4.78, 5) is 11.5. The van der Waals surface area contributed by atoms with Crippen LogP contribution < -0.4 is 9.47 Å². The molecule has 1 aromatic carbocycles. The quantitative estimate of drug-likeness (QED) is 0.766. The highest BCUT2D eigenvalue weighted by molar-refractivity contribution is 5.73. The van der Waals surface area contributed by atoms with Crippen molar-refractivity contribution in [1.29, 1.82) is 0 Å². The van der Waals surface area contributed by atoms with Crippen molar-refractivity contribution < 1.29 is 23.7 Å². The maximum Gasteiger partial charge on any atom is 0.309 e. The summed E-state index contributed by atoms with van der Waals surface area (Å²) in [5, 5.41) is 0. The van der Waals surface area contributed by atoms with Gasteiger partial charge in [-0.2, -0.15) is 0 Å². The second-order valence-electron chi connectivity index (χ2n) is 4.76. The SMILES string of the molecule is COc1cc(OC)c2c(c1)[C@@H]1OC(=O)C[C@@H]1O[C@H]2C. The van der Waals surface area contributed by atoms with Crippen molar-refractivity contribution >= 4 is 5.97 Å². The molecule has 1 fully saturated rings. The lowest BCUT2D eigenvalue weighted by molar-refractivity contribution is -0.143. The first-order valence-corrected chi connectivity index (χ1v) is 6.24. The van der Waals surface area contributed by atoms with E-state index in [2.05, 4.69) is 0 Å². The molecule has 2 aliphatic heterocycles. The molecule has 3 atom stereocenters. The van der Waals surface area contributed by atoms with Crippen LogP contribution in [0.5, 0.6) is 11.5 Å². The van der Waals surface area contributed by atoms with E-state index in [0.29, 0.717) is 17.9 Å². The Hall–Kier alpha value is -1.75. The molecule has 19 heavy (non-hydrogen) atoms. The van der Waals surface area contributed by atoms with Gasteiger partial charge in [-0.15, -0.1) is 0 Å². The monoisotopic (exact) mass is 264 g/mol. The minimum Gasteiger partial charge on any atom is -0.497 e. The third-order valence-corrected chi connectivity index (χ3v) is 3.66. The standard InChI is InChI=1S/C14H16O5/c1-7-13-9(4-8(16-2)5-10(13)17-3)14-11(18-7)6-12(15)19-14/h4-5,7,11,14H,6H2,1-3H3/t7-,11-,14-/m0/s1. The molecule has 3 rings (SSSR count). The number of ether oxygens (including phenoxy) is 4. The molecule has 0 N–H and O–H groups in total. The zero-order valence-corrected chi connectivity index (χ0v) is 11.1. The fraction of sp³-hybridized carbons (Fsp3) is 0.500. The smallest absolute Gasteiger partial charge is 0.309 e. The summed E-state index contributed by atoms with van der Waals surface area (Å²) < 4.78 is 21.9. The molecule has 0 aromatic heterocycles. The lowest BCUT2D eigenvalue weighted by Crippen LogP contribution is -2.27. The number of carbonyl (C=O) groups is 1. The molecule has 1 saturated heterocycles. The molecular formula is C14H16O5. The molecule has 0 bridgehead atoms. The molecular weight excluding hydrogens is 248 g/mol. The van der Waals surface area contributed by atoms with Gasteiger partial charge in [-0.1, -0.05) is 0 Å². The van der Waals surface area contributed by atoms with Crippen molar-refractivity contribution in [2.75, 3.05) is 14.2 Å². The van der Waals surface area contributed by atoms with Crippen LogP contribution in [0.25, 0.3) is 0 Å². The minimum absolute atomic E-state index is 0.133. The molecule has 2 aliphatic rings. The lowest BCUT2D eigenvalue weighted by atomic mass is 9.91. The van der Waals surface area contributed by atoms with Gasteiger partial charge in [0, 0.05) is 17.2 Å². The summed E-state index contributed by atoms with van der Waals surface area (Å²) >= 11 is 0. The zero-order valence-electron chi connectivity index (χ0n) is 11.1. The first kappa shape index (κ1) is 12.3. The summed E-state index contributed by atoms with van der Waals surface area (Å²) in [5.74, 6) is 1.16. The predicted octanol–water partition coefficient (Wildman–Crippen LogP) is 2.15. The number of rotatable bonds is 2. The van der Waals surface area contributed by atoms with E-state index in [9.17, 15) is 4.79 Å². The number of methoxy groups -OCH3 is 2. The topological polar surface area (TPSA) is 54.0 Å². The summed E-state index contributed by atoms with van der Waals surface area (Å²) in [6, 6.07) is 3.71. The average Bonchev–Trinajstić information content (AvgIpc) is 2.78. The van der Waals surface area contributed by atoms with E-state index in [1.165, 1.54) is 0 Å². The van der Waals surface area contributed by atoms with Crippen LogP contribution in [0.3, 0.4) is 0 Å². The molecule has 0 spiro atoms. The first-order chi connectivity index (χ1) is 9.13. The van der Waals surface area contributed by atoms with Gasteiger partial charge in [0.2, 0.25) is 0 Å². The fourth-order valence-electron chi connectivity index (χ4n) is 2.83. The van der Waals surface area contributed by atoms with Crippen LogP contribution in [0.2, 0.25) is 0 Å². The van der Waals surface area contributed by atoms with Crippen molar-refractivity contribution in [3.63, 3.8) is 0 Å². The molecule has 1 aromatic rings.